The predicted octanol–water partition coefficient (Wildman–Crippen LogP) is 2.36. The molecule has 3 atom stereocenters. The van der Waals surface area contributed by atoms with Crippen LogP contribution >= 0.6 is 0 Å². The summed E-state index contributed by atoms with van der Waals surface area (Å²) in [5, 5.41) is 6.26. The first-order valence-corrected chi connectivity index (χ1v) is 9.35. The average molecular weight is 347 g/mol. The first-order valence-electron chi connectivity index (χ1n) is 9.35. The summed E-state index contributed by atoms with van der Waals surface area (Å²) >= 11 is 0. The summed E-state index contributed by atoms with van der Waals surface area (Å²) in [6, 6.07) is 2.13. The Labute approximate surface area is 149 Å². The molecule has 0 aromatic carbocycles. The van der Waals surface area contributed by atoms with Crippen LogP contribution in [0.4, 0.5) is 0 Å². The normalized spacial score (nSPS) is 24.6. The molecule has 1 aromatic heterocycles. The first-order chi connectivity index (χ1) is 12.1. The third-order valence-electron chi connectivity index (χ3n) is 5.74. The fraction of sp³-hybridized carbons (Fsp3) is 0.684. The van der Waals surface area contributed by atoms with Crippen molar-refractivity contribution in [2.24, 2.45) is 11.8 Å². The summed E-state index contributed by atoms with van der Waals surface area (Å²) < 4.78 is 5.12. The Balaban J connectivity index is 1.46. The molecule has 0 saturated heterocycles. The third-order valence-corrected chi connectivity index (χ3v) is 5.74. The number of methoxy groups -OCH3 is 1. The number of aromatic nitrogens is 1. The van der Waals surface area contributed by atoms with Crippen LogP contribution in [0.1, 0.15) is 61.5 Å². The molecule has 1 heterocycles. The molecule has 1 unspecified atom stereocenters. The monoisotopic (exact) mass is 347 g/mol. The number of nitrogens with one attached hydrogen (secondary N) is 3. The standard InChI is InChI=1S/C19H29N3O3/c1-12(13-4-3-5-13)18(23)21-15-6-7-16(10-15)22-19(24)17-14(11-25-2)8-9-20-17/h8-9,12-13,15-16,20H,3-7,10-11H2,1-2H3,(H,21,23)(H,22,24)/t12?,15-,16+/m0/s1. The van der Waals surface area contributed by atoms with E-state index in [1.807, 2.05) is 13.0 Å². The topological polar surface area (TPSA) is 83.2 Å². The van der Waals surface area contributed by atoms with Gasteiger partial charge in [0, 0.05) is 36.9 Å². The van der Waals surface area contributed by atoms with Crippen LogP contribution in [0.3, 0.4) is 0 Å². The molecule has 0 radical (unpaired) electrons. The van der Waals surface area contributed by atoms with Gasteiger partial charge in [0.2, 0.25) is 5.91 Å². The molecule has 0 spiro atoms. The minimum atomic E-state index is -0.100. The van der Waals surface area contributed by atoms with Crippen molar-refractivity contribution >= 4 is 11.8 Å². The maximum Gasteiger partial charge on any atom is 0.268 e. The van der Waals surface area contributed by atoms with Gasteiger partial charge in [0.25, 0.3) is 5.91 Å². The van der Waals surface area contributed by atoms with Gasteiger partial charge < -0.3 is 20.4 Å². The highest BCUT2D eigenvalue weighted by Gasteiger charge is 2.32. The zero-order valence-corrected chi connectivity index (χ0v) is 15.1. The van der Waals surface area contributed by atoms with Gasteiger partial charge in [0.15, 0.2) is 0 Å². The van der Waals surface area contributed by atoms with Gasteiger partial charge in [-0.25, -0.2) is 0 Å². The number of hydrogen-bond acceptors (Lipinski definition) is 3. The maximum absolute atomic E-state index is 12.4. The lowest BCUT2D eigenvalue weighted by atomic mass is 9.76. The Kier molecular flexibility index (Phi) is 5.78. The number of carbonyl (C=O) groups is 2. The van der Waals surface area contributed by atoms with Crippen molar-refractivity contribution in [1.82, 2.24) is 15.6 Å². The number of amides is 2. The van der Waals surface area contributed by atoms with Crippen molar-refractivity contribution in [3.05, 3.63) is 23.5 Å². The van der Waals surface area contributed by atoms with Crippen LogP contribution in [0.15, 0.2) is 12.3 Å². The number of aromatic amines is 1. The quantitative estimate of drug-likeness (QED) is 0.708. The van der Waals surface area contributed by atoms with Crippen molar-refractivity contribution in [3.63, 3.8) is 0 Å². The molecule has 3 N–H and O–H groups in total. The zero-order chi connectivity index (χ0) is 17.8. The summed E-state index contributed by atoms with van der Waals surface area (Å²) in [5.41, 5.74) is 1.42. The Morgan fingerprint density at radius 2 is 1.96 bits per heavy atom. The molecule has 2 amide bonds. The summed E-state index contributed by atoms with van der Waals surface area (Å²) in [4.78, 5) is 27.8. The van der Waals surface area contributed by atoms with E-state index in [2.05, 4.69) is 15.6 Å². The Morgan fingerprint density at radius 1 is 1.24 bits per heavy atom. The summed E-state index contributed by atoms with van der Waals surface area (Å²) in [6.45, 7) is 2.45. The molecule has 0 bridgehead atoms. The fourth-order valence-corrected chi connectivity index (χ4v) is 3.88. The highest BCUT2D eigenvalue weighted by atomic mass is 16.5. The van der Waals surface area contributed by atoms with E-state index in [0.29, 0.717) is 18.2 Å². The summed E-state index contributed by atoms with van der Waals surface area (Å²) in [7, 11) is 1.61. The zero-order valence-electron chi connectivity index (χ0n) is 15.1. The van der Waals surface area contributed by atoms with Gasteiger partial charge in [-0.1, -0.05) is 13.3 Å². The highest BCUT2D eigenvalue weighted by Crippen LogP contribution is 2.33. The van der Waals surface area contributed by atoms with Crippen molar-refractivity contribution in [2.45, 2.75) is 64.1 Å². The molecule has 138 valence electrons. The predicted molar refractivity (Wildman–Crippen MR) is 95.0 cm³/mol. The largest absolute Gasteiger partial charge is 0.380 e. The van der Waals surface area contributed by atoms with E-state index in [-0.39, 0.29) is 29.8 Å². The van der Waals surface area contributed by atoms with E-state index in [9.17, 15) is 9.59 Å². The number of H-pyrrole nitrogens is 1. The fourth-order valence-electron chi connectivity index (χ4n) is 3.88. The number of ether oxygens (including phenoxy) is 1. The van der Waals surface area contributed by atoms with Gasteiger partial charge in [-0.3, -0.25) is 9.59 Å². The Hall–Kier alpha value is -1.82. The summed E-state index contributed by atoms with van der Waals surface area (Å²) in [5.74, 6) is 0.743. The van der Waals surface area contributed by atoms with Crippen LogP contribution in [0.2, 0.25) is 0 Å². The Bertz CT molecular complexity index is 609. The van der Waals surface area contributed by atoms with Crippen LogP contribution < -0.4 is 10.6 Å². The lowest BCUT2D eigenvalue weighted by molar-refractivity contribution is -0.127. The van der Waals surface area contributed by atoms with Gasteiger partial charge in [-0.2, -0.15) is 0 Å². The van der Waals surface area contributed by atoms with Crippen molar-refractivity contribution < 1.29 is 14.3 Å². The van der Waals surface area contributed by atoms with Crippen LogP contribution in [0.5, 0.6) is 0 Å². The molecule has 25 heavy (non-hydrogen) atoms. The van der Waals surface area contributed by atoms with Crippen LogP contribution in [0, 0.1) is 11.8 Å². The molecule has 2 fully saturated rings. The molecule has 6 heteroatoms. The van der Waals surface area contributed by atoms with Crippen molar-refractivity contribution in [2.75, 3.05) is 7.11 Å². The average Bonchev–Trinajstić information content (AvgIpc) is 3.15. The van der Waals surface area contributed by atoms with Crippen LogP contribution in [-0.4, -0.2) is 36.0 Å². The van der Waals surface area contributed by atoms with E-state index in [4.69, 9.17) is 4.74 Å². The lowest BCUT2D eigenvalue weighted by Crippen LogP contribution is -2.41. The van der Waals surface area contributed by atoms with Crippen molar-refractivity contribution in [3.8, 4) is 0 Å². The number of hydrogen-bond donors (Lipinski definition) is 3. The summed E-state index contributed by atoms with van der Waals surface area (Å²) in [6.07, 6.45) is 7.98. The third kappa shape index (κ3) is 4.24. The van der Waals surface area contributed by atoms with Gasteiger partial charge in [-0.05, 0) is 44.1 Å². The molecular formula is C19H29N3O3. The molecule has 2 aliphatic rings. The molecule has 1 aromatic rings. The second-order valence-electron chi connectivity index (χ2n) is 7.48. The number of rotatable bonds is 7. The maximum atomic E-state index is 12.4. The first kappa shape index (κ1) is 18.0. The second kappa shape index (κ2) is 8.04. The SMILES string of the molecule is COCc1cc[nH]c1C(=O)N[C@@H]1CC[C@H](NC(=O)C(C)C2CCC2)C1. The van der Waals surface area contributed by atoms with Crippen LogP contribution in [-0.2, 0) is 16.1 Å². The molecule has 3 rings (SSSR count). The molecular weight excluding hydrogens is 318 g/mol. The van der Waals surface area contributed by atoms with Crippen molar-refractivity contribution in [1.29, 1.82) is 0 Å². The Morgan fingerprint density at radius 3 is 2.60 bits per heavy atom. The van der Waals surface area contributed by atoms with E-state index < -0.39 is 0 Å². The minimum absolute atomic E-state index is 0.100. The minimum Gasteiger partial charge on any atom is -0.380 e. The van der Waals surface area contributed by atoms with E-state index in [1.54, 1.807) is 13.3 Å². The van der Waals surface area contributed by atoms with Gasteiger partial charge in [0.05, 0.1) is 6.61 Å². The van der Waals surface area contributed by atoms with E-state index >= 15 is 0 Å². The molecule has 2 aliphatic carbocycles. The van der Waals surface area contributed by atoms with Gasteiger partial charge >= 0.3 is 0 Å². The number of carbonyl (C=O) groups excluding carboxylic acids is 2. The second-order valence-corrected chi connectivity index (χ2v) is 7.48. The van der Waals surface area contributed by atoms with E-state index in [0.717, 1.165) is 24.8 Å². The van der Waals surface area contributed by atoms with Gasteiger partial charge in [0.1, 0.15) is 5.69 Å². The molecule has 6 nitrogen and oxygen atoms in total. The van der Waals surface area contributed by atoms with Gasteiger partial charge in [-0.15, -0.1) is 0 Å². The molecule has 0 aliphatic heterocycles. The highest BCUT2D eigenvalue weighted by molar-refractivity contribution is 5.94. The van der Waals surface area contributed by atoms with E-state index in [1.165, 1.54) is 19.3 Å². The van der Waals surface area contributed by atoms with Crippen LogP contribution in [0.25, 0.3) is 0 Å². The smallest absolute Gasteiger partial charge is 0.268 e. The lowest BCUT2D eigenvalue weighted by Gasteiger charge is -2.31. The molecule has 2 saturated carbocycles.